The van der Waals surface area contributed by atoms with Crippen LogP contribution in [-0.2, 0) is 11.2 Å². The predicted octanol–water partition coefficient (Wildman–Crippen LogP) is 5.16. The first kappa shape index (κ1) is 23.9. The fourth-order valence-electron chi connectivity index (χ4n) is 4.06. The third-order valence-corrected chi connectivity index (χ3v) is 6.02. The van der Waals surface area contributed by atoms with E-state index in [0.29, 0.717) is 46.2 Å². The van der Waals surface area contributed by atoms with E-state index in [1.165, 1.54) is 17.1 Å². The summed E-state index contributed by atoms with van der Waals surface area (Å²) in [5.74, 6) is -0.233. The molecule has 4 aromatic rings. The van der Waals surface area contributed by atoms with Crippen LogP contribution in [0.2, 0.25) is 5.02 Å². The monoisotopic (exact) mass is 516 g/mol. The zero-order valence-corrected chi connectivity index (χ0v) is 19.7. The number of anilines is 1. The molecule has 8 nitrogen and oxygen atoms in total. The highest BCUT2D eigenvalue weighted by molar-refractivity contribution is 6.30. The Balaban J connectivity index is 1.43. The van der Waals surface area contributed by atoms with Crippen molar-refractivity contribution in [1.82, 2.24) is 24.5 Å². The van der Waals surface area contributed by atoms with Gasteiger partial charge >= 0.3 is 6.18 Å². The Morgan fingerprint density at radius 3 is 2.78 bits per heavy atom. The molecule has 1 unspecified atom stereocenters. The first-order valence-corrected chi connectivity index (χ1v) is 11.4. The van der Waals surface area contributed by atoms with Gasteiger partial charge in [-0.15, -0.1) is 5.10 Å². The largest absolute Gasteiger partial charge is 0.482 e. The summed E-state index contributed by atoms with van der Waals surface area (Å²) in [6.45, 7) is 0.326. The van der Waals surface area contributed by atoms with Crippen LogP contribution < -0.4 is 10.1 Å². The quantitative estimate of drug-likeness (QED) is 0.396. The van der Waals surface area contributed by atoms with Crippen LogP contribution in [0.15, 0.2) is 55.1 Å². The first-order chi connectivity index (χ1) is 17.2. The number of nitrogens with zero attached hydrogens (tertiary/aromatic N) is 5. The van der Waals surface area contributed by atoms with E-state index in [9.17, 15) is 18.0 Å². The molecule has 1 N–H and O–H groups in total. The second-order valence-corrected chi connectivity index (χ2v) is 8.87. The van der Waals surface area contributed by atoms with Crippen molar-refractivity contribution in [2.75, 3.05) is 11.9 Å². The van der Waals surface area contributed by atoms with Crippen molar-refractivity contribution in [2.24, 2.45) is 0 Å². The lowest BCUT2D eigenvalue weighted by atomic mass is 10.1. The molecule has 0 fully saturated rings. The van der Waals surface area contributed by atoms with E-state index in [4.69, 9.17) is 16.3 Å². The van der Waals surface area contributed by atoms with Crippen LogP contribution in [0.4, 0.5) is 18.9 Å². The minimum absolute atomic E-state index is 0.0105. The predicted molar refractivity (Wildman–Crippen MR) is 126 cm³/mol. The summed E-state index contributed by atoms with van der Waals surface area (Å²) in [6.07, 6.45) is 1.34. The molecule has 2 aromatic heterocycles. The highest BCUT2D eigenvalue weighted by Gasteiger charge is 2.30. The molecule has 0 radical (unpaired) electrons. The van der Waals surface area contributed by atoms with Crippen LogP contribution in [0, 0.1) is 6.92 Å². The number of rotatable bonds is 5. The Kier molecular flexibility index (Phi) is 6.17. The van der Waals surface area contributed by atoms with Gasteiger partial charge in [-0.1, -0.05) is 22.9 Å². The maximum Gasteiger partial charge on any atom is 0.422 e. The molecule has 1 aliphatic rings. The normalized spacial score (nSPS) is 15.8. The maximum atomic E-state index is 12.9. The average Bonchev–Trinajstić information content (AvgIpc) is 3.45. The topological polar surface area (TPSA) is 86.9 Å². The third-order valence-electron chi connectivity index (χ3n) is 5.78. The number of hydrogen-bond donors (Lipinski definition) is 1. The number of nitrogens with one attached hydrogen (secondary N) is 1. The summed E-state index contributed by atoms with van der Waals surface area (Å²) in [6, 6.07) is 9.46. The maximum absolute atomic E-state index is 12.9. The van der Waals surface area contributed by atoms with Gasteiger partial charge in [-0.3, -0.25) is 4.79 Å². The average molecular weight is 517 g/mol. The summed E-state index contributed by atoms with van der Waals surface area (Å²) >= 11 is 6.08. The highest BCUT2D eigenvalue weighted by Crippen LogP contribution is 2.32. The lowest BCUT2D eigenvalue weighted by Crippen LogP contribution is -2.25. The molecular weight excluding hydrogens is 497 g/mol. The highest BCUT2D eigenvalue weighted by atomic mass is 35.5. The fourth-order valence-corrected chi connectivity index (χ4v) is 4.25. The van der Waals surface area contributed by atoms with E-state index in [-0.39, 0.29) is 11.7 Å². The van der Waals surface area contributed by atoms with Crippen LogP contribution in [0.3, 0.4) is 0 Å². The van der Waals surface area contributed by atoms with Gasteiger partial charge in [-0.05, 0) is 55.7 Å². The molecule has 0 aliphatic carbocycles. The Hall–Kier alpha value is -3.86. The summed E-state index contributed by atoms with van der Waals surface area (Å²) < 4.78 is 46.8. The molecule has 12 heteroatoms. The Morgan fingerprint density at radius 1 is 1.19 bits per heavy atom. The number of ether oxygens (including phenoxy) is 1. The van der Waals surface area contributed by atoms with Crippen molar-refractivity contribution in [1.29, 1.82) is 0 Å². The molecular formula is C24H20ClF3N6O2. The van der Waals surface area contributed by atoms with E-state index in [0.717, 1.165) is 5.56 Å². The molecule has 0 spiro atoms. The molecule has 1 amide bonds. The Bertz CT molecular complexity index is 1430. The number of benzene rings is 2. The minimum atomic E-state index is -4.50. The molecule has 186 valence electrons. The van der Waals surface area contributed by atoms with Gasteiger partial charge in [0.1, 0.15) is 17.5 Å². The molecule has 1 aliphatic heterocycles. The molecule has 5 rings (SSSR count). The first-order valence-electron chi connectivity index (χ1n) is 11.0. The van der Waals surface area contributed by atoms with Crippen LogP contribution in [-0.4, -0.2) is 43.2 Å². The summed E-state index contributed by atoms with van der Waals surface area (Å²) in [5, 5.41) is 11.8. The van der Waals surface area contributed by atoms with E-state index in [1.54, 1.807) is 48.1 Å². The van der Waals surface area contributed by atoms with Gasteiger partial charge < -0.3 is 14.6 Å². The number of carbonyl (C=O) groups excluding carboxylic acids is 1. The summed E-state index contributed by atoms with van der Waals surface area (Å²) in [7, 11) is 0. The molecule has 0 saturated carbocycles. The lowest BCUT2D eigenvalue weighted by molar-refractivity contribution is -0.153. The Morgan fingerprint density at radius 2 is 2.03 bits per heavy atom. The second-order valence-electron chi connectivity index (χ2n) is 8.44. The molecule has 2 aromatic carbocycles. The number of halogens is 4. The van der Waals surface area contributed by atoms with Crippen molar-refractivity contribution in [2.45, 2.75) is 32.0 Å². The van der Waals surface area contributed by atoms with Gasteiger partial charge in [0.15, 0.2) is 6.61 Å². The number of alkyl halides is 3. The van der Waals surface area contributed by atoms with Crippen molar-refractivity contribution < 1.29 is 22.7 Å². The number of aromatic nitrogens is 5. The smallest absolute Gasteiger partial charge is 0.422 e. The zero-order chi connectivity index (χ0) is 25.4. The Labute approximate surface area is 208 Å². The second kappa shape index (κ2) is 9.30. The SMILES string of the molecule is Cc1cn(-c2ccc(-c3cn(C4CCc5cc(Cl)ccc5NC4=O)nn3)cc2OCC(F)(F)F)cn1. The number of amides is 1. The number of aryl methyl sites for hydroxylation is 2. The van der Waals surface area contributed by atoms with E-state index in [1.807, 2.05) is 6.07 Å². The number of hydrogen-bond acceptors (Lipinski definition) is 5. The molecule has 3 heterocycles. The van der Waals surface area contributed by atoms with E-state index < -0.39 is 18.8 Å². The van der Waals surface area contributed by atoms with Gasteiger partial charge in [0, 0.05) is 22.5 Å². The van der Waals surface area contributed by atoms with Crippen LogP contribution in [0.5, 0.6) is 5.75 Å². The zero-order valence-electron chi connectivity index (χ0n) is 19.0. The van der Waals surface area contributed by atoms with Gasteiger partial charge in [-0.2, -0.15) is 13.2 Å². The number of imidazole rings is 1. The standard InChI is InChI=1S/C24H20ClF3N6O2/c1-14-10-33(13-29-14)20-6-2-16(9-22(20)36-12-24(26,27)28)19-11-34(32-31-19)21-7-3-15-8-17(25)4-5-18(15)30-23(21)35/h2,4-6,8-11,13,21H,3,7,12H2,1H3,(H,30,35). The minimum Gasteiger partial charge on any atom is -0.482 e. The van der Waals surface area contributed by atoms with Crippen LogP contribution in [0.25, 0.3) is 16.9 Å². The van der Waals surface area contributed by atoms with Crippen molar-refractivity contribution in [3.05, 3.63) is 71.4 Å². The van der Waals surface area contributed by atoms with Gasteiger partial charge in [0.2, 0.25) is 5.91 Å². The van der Waals surface area contributed by atoms with E-state index >= 15 is 0 Å². The fraction of sp³-hybridized carbons (Fsp3) is 0.250. The van der Waals surface area contributed by atoms with Gasteiger partial charge in [0.25, 0.3) is 0 Å². The van der Waals surface area contributed by atoms with Crippen molar-refractivity contribution in [3.63, 3.8) is 0 Å². The summed E-state index contributed by atoms with van der Waals surface area (Å²) in [5.41, 5.74) is 3.60. The van der Waals surface area contributed by atoms with Gasteiger partial charge in [-0.25, -0.2) is 9.67 Å². The number of fused-ring (bicyclic) bond motifs is 1. The lowest BCUT2D eigenvalue weighted by Gasteiger charge is -2.14. The third kappa shape index (κ3) is 5.06. The van der Waals surface area contributed by atoms with Crippen molar-refractivity contribution >= 4 is 23.2 Å². The van der Waals surface area contributed by atoms with Crippen LogP contribution >= 0.6 is 11.6 Å². The molecule has 1 atom stereocenters. The van der Waals surface area contributed by atoms with E-state index in [2.05, 4.69) is 20.6 Å². The van der Waals surface area contributed by atoms with Gasteiger partial charge in [0.05, 0.1) is 23.9 Å². The summed E-state index contributed by atoms with van der Waals surface area (Å²) in [4.78, 5) is 17.0. The van der Waals surface area contributed by atoms with Crippen molar-refractivity contribution in [3.8, 4) is 22.7 Å². The van der Waals surface area contributed by atoms with Crippen LogP contribution in [0.1, 0.15) is 23.7 Å². The molecule has 36 heavy (non-hydrogen) atoms. The molecule has 0 saturated heterocycles. The molecule has 0 bridgehead atoms. The number of carbonyl (C=O) groups is 1.